The second-order valence-corrected chi connectivity index (χ2v) is 6.97. The zero-order chi connectivity index (χ0) is 17.6. The van der Waals surface area contributed by atoms with Gasteiger partial charge in [0, 0.05) is 9.90 Å². The van der Waals surface area contributed by atoms with Crippen LogP contribution in [0.2, 0.25) is 5.02 Å². The van der Waals surface area contributed by atoms with E-state index in [0.29, 0.717) is 23.2 Å². The molecular weight excluding hydrogens is 356 g/mol. The van der Waals surface area contributed by atoms with Crippen molar-refractivity contribution < 1.29 is 13.9 Å². The van der Waals surface area contributed by atoms with E-state index in [0.717, 1.165) is 17.0 Å². The van der Waals surface area contributed by atoms with Crippen molar-refractivity contribution in [1.29, 1.82) is 0 Å². The summed E-state index contributed by atoms with van der Waals surface area (Å²) in [4.78, 5) is 14.1. The van der Waals surface area contributed by atoms with Crippen molar-refractivity contribution in [2.75, 3.05) is 0 Å². The number of rotatable bonds is 7. The third-order valence-electron chi connectivity index (χ3n) is 3.53. The maximum absolute atomic E-state index is 12.1. The van der Waals surface area contributed by atoms with Gasteiger partial charge in [-0.25, -0.2) is 0 Å². The van der Waals surface area contributed by atoms with Crippen LogP contribution in [0.3, 0.4) is 0 Å². The molecular formula is C20H17ClO3S. The highest BCUT2D eigenvalue weighted by Crippen LogP contribution is 2.20. The van der Waals surface area contributed by atoms with E-state index in [4.69, 9.17) is 20.8 Å². The second-order valence-electron chi connectivity index (χ2n) is 5.36. The maximum atomic E-state index is 12.1. The van der Waals surface area contributed by atoms with Crippen molar-refractivity contribution in [3.63, 3.8) is 0 Å². The van der Waals surface area contributed by atoms with Crippen molar-refractivity contribution in [3.05, 3.63) is 80.9 Å². The molecule has 5 heteroatoms. The number of carbonyl (C=O) groups excluding carboxylic acids is 1. The third kappa shape index (κ3) is 4.84. The van der Waals surface area contributed by atoms with Gasteiger partial charge in [0.15, 0.2) is 5.78 Å². The van der Waals surface area contributed by atoms with E-state index >= 15 is 0 Å². The Morgan fingerprint density at radius 1 is 1.16 bits per heavy atom. The largest absolute Gasteiger partial charge is 0.486 e. The number of furan rings is 1. The smallest absolute Gasteiger partial charge is 0.195 e. The highest BCUT2D eigenvalue weighted by molar-refractivity contribution is 7.14. The van der Waals surface area contributed by atoms with Gasteiger partial charge in [-0.1, -0.05) is 18.5 Å². The van der Waals surface area contributed by atoms with Gasteiger partial charge in [0.2, 0.25) is 0 Å². The van der Waals surface area contributed by atoms with Gasteiger partial charge in [0.05, 0.1) is 4.88 Å². The van der Waals surface area contributed by atoms with Crippen LogP contribution in [0.1, 0.15) is 33.0 Å². The van der Waals surface area contributed by atoms with E-state index in [1.165, 1.54) is 22.3 Å². The molecule has 3 rings (SSSR count). The summed E-state index contributed by atoms with van der Waals surface area (Å²) in [6.45, 7) is 2.39. The molecule has 0 aliphatic heterocycles. The molecule has 0 saturated heterocycles. The lowest BCUT2D eigenvalue weighted by Gasteiger charge is -2.03. The van der Waals surface area contributed by atoms with Crippen LogP contribution >= 0.6 is 22.9 Å². The Morgan fingerprint density at radius 3 is 2.68 bits per heavy atom. The summed E-state index contributed by atoms with van der Waals surface area (Å²) in [5, 5.41) is 0.666. The monoisotopic (exact) mass is 372 g/mol. The molecule has 0 aliphatic carbocycles. The number of allylic oxidation sites excluding steroid dienone is 1. The minimum atomic E-state index is -0.0138. The topological polar surface area (TPSA) is 39.4 Å². The fourth-order valence-corrected chi connectivity index (χ4v) is 3.18. The average Bonchev–Trinajstić information content (AvgIpc) is 3.28. The van der Waals surface area contributed by atoms with Gasteiger partial charge >= 0.3 is 0 Å². The molecule has 0 atom stereocenters. The minimum absolute atomic E-state index is 0.0138. The number of ether oxygens (including phenoxy) is 1. The van der Waals surface area contributed by atoms with Gasteiger partial charge in [-0.3, -0.25) is 4.79 Å². The molecule has 128 valence electrons. The molecule has 25 heavy (non-hydrogen) atoms. The summed E-state index contributed by atoms with van der Waals surface area (Å²) in [6, 6.07) is 14.7. The Morgan fingerprint density at radius 2 is 1.96 bits per heavy atom. The standard InChI is InChI=1S/C20H17ClO3S/c1-2-18-10-12-20(25-18)19(22)11-9-16-7-8-17(24-16)13-23-15-5-3-14(21)4-6-15/h3-12H,2,13H2,1H3/b11-9+. The van der Waals surface area contributed by atoms with E-state index < -0.39 is 0 Å². The lowest BCUT2D eigenvalue weighted by atomic mass is 10.2. The van der Waals surface area contributed by atoms with Gasteiger partial charge in [0.25, 0.3) is 0 Å². The highest BCUT2D eigenvalue weighted by atomic mass is 35.5. The molecule has 0 unspecified atom stereocenters. The second kappa shape index (κ2) is 8.19. The van der Waals surface area contributed by atoms with Gasteiger partial charge in [-0.15, -0.1) is 11.3 Å². The van der Waals surface area contributed by atoms with Crippen LogP contribution in [0.25, 0.3) is 6.08 Å². The Hall–Kier alpha value is -2.30. The molecule has 0 saturated carbocycles. The zero-order valence-electron chi connectivity index (χ0n) is 13.7. The normalized spacial score (nSPS) is 11.1. The van der Waals surface area contributed by atoms with Crippen molar-refractivity contribution >= 4 is 34.8 Å². The van der Waals surface area contributed by atoms with Crippen molar-refractivity contribution in [2.24, 2.45) is 0 Å². The van der Waals surface area contributed by atoms with Gasteiger partial charge < -0.3 is 9.15 Å². The first-order chi connectivity index (χ1) is 12.1. The van der Waals surface area contributed by atoms with Crippen LogP contribution in [-0.4, -0.2) is 5.78 Å². The molecule has 1 aromatic carbocycles. The average molecular weight is 373 g/mol. The van der Waals surface area contributed by atoms with Crippen molar-refractivity contribution in [3.8, 4) is 5.75 Å². The van der Waals surface area contributed by atoms with Gasteiger partial charge in [0.1, 0.15) is 23.9 Å². The number of ketones is 1. The zero-order valence-corrected chi connectivity index (χ0v) is 15.3. The summed E-state index contributed by atoms with van der Waals surface area (Å²) in [5.41, 5.74) is 0. The van der Waals surface area contributed by atoms with Gasteiger partial charge in [-0.2, -0.15) is 0 Å². The summed E-state index contributed by atoms with van der Waals surface area (Å²) in [5.74, 6) is 2.01. The number of hydrogen-bond acceptors (Lipinski definition) is 4. The highest BCUT2D eigenvalue weighted by Gasteiger charge is 2.06. The molecule has 0 amide bonds. The number of hydrogen-bond donors (Lipinski definition) is 0. The molecule has 0 N–H and O–H groups in total. The van der Waals surface area contributed by atoms with Crippen LogP contribution in [0.4, 0.5) is 0 Å². The molecule has 0 aliphatic rings. The van der Waals surface area contributed by atoms with Crippen molar-refractivity contribution in [2.45, 2.75) is 20.0 Å². The number of aryl methyl sites for hydroxylation is 1. The van der Waals surface area contributed by atoms with Crippen LogP contribution in [0.15, 0.2) is 59.0 Å². The predicted molar refractivity (Wildman–Crippen MR) is 102 cm³/mol. The molecule has 3 aromatic rings. The summed E-state index contributed by atoms with van der Waals surface area (Å²) in [7, 11) is 0. The fourth-order valence-electron chi connectivity index (χ4n) is 2.19. The molecule has 0 bridgehead atoms. The van der Waals surface area contributed by atoms with Gasteiger partial charge in [-0.05, 0) is 67.1 Å². The number of benzene rings is 1. The van der Waals surface area contributed by atoms with E-state index in [1.807, 2.05) is 24.3 Å². The fraction of sp³-hybridized carbons (Fsp3) is 0.150. The quantitative estimate of drug-likeness (QED) is 0.375. The summed E-state index contributed by atoms with van der Waals surface area (Å²) < 4.78 is 11.3. The Balaban J connectivity index is 1.57. The lowest BCUT2D eigenvalue weighted by molar-refractivity contribution is 0.105. The van der Waals surface area contributed by atoms with E-state index in [2.05, 4.69) is 6.92 Å². The Kier molecular flexibility index (Phi) is 5.74. The maximum Gasteiger partial charge on any atom is 0.195 e. The number of halogens is 1. The molecule has 2 heterocycles. The van der Waals surface area contributed by atoms with Crippen LogP contribution in [0.5, 0.6) is 5.75 Å². The van der Waals surface area contributed by atoms with Crippen LogP contribution < -0.4 is 4.74 Å². The van der Waals surface area contributed by atoms with E-state index in [1.54, 1.807) is 30.3 Å². The first-order valence-corrected chi connectivity index (χ1v) is 9.11. The molecule has 0 radical (unpaired) electrons. The van der Waals surface area contributed by atoms with E-state index in [-0.39, 0.29) is 5.78 Å². The lowest BCUT2D eigenvalue weighted by Crippen LogP contribution is -1.93. The van der Waals surface area contributed by atoms with Crippen molar-refractivity contribution in [1.82, 2.24) is 0 Å². The van der Waals surface area contributed by atoms with Crippen LogP contribution in [0, 0.1) is 0 Å². The SMILES string of the molecule is CCc1ccc(C(=O)/C=C/c2ccc(COc3ccc(Cl)cc3)o2)s1. The van der Waals surface area contributed by atoms with Crippen LogP contribution in [-0.2, 0) is 13.0 Å². The molecule has 2 aromatic heterocycles. The first-order valence-electron chi connectivity index (χ1n) is 7.92. The van der Waals surface area contributed by atoms with E-state index in [9.17, 15) is 4.79 Å². The number of thiophene rings is 1. The molecule has 0 spiro atoms. The Bertz CT molecular complexity index is 874. The minimum Gasteiger partial charge on any atom is -0.486 e. The molecule has 3 nitrogen and oxygen atoms in total. The molecule has 0 fully saturated rings. The summed E-state index contributed by atoms with van der Waals surface area (Å²) in [6.07, 6.45) is 4.16. The third-order valence-corrected chi connectivity index (χ3v) is 5.03. The first kappa shape index (κ1) is 17.5. The predicted octanol–water partition coefficient (Wildman–Crippen LogP) is 6.03. The Labute approximate surface area is 155 Å². The summed E-state index contributed by atoms with van der Waals surface area (Å²) >= 11 is 7.37. The number of carbonyl (C=O) groups is 1.